The quantitative estimate of drug-likeness (QED) is 0.747. The van der Waals surface area contributed by atoms with Crippen molar-refractivity contribution < 1.29 is 9.53 Å². The van der Waals surface area contributed by atoms with Crippen molar-refractivity contribution in [1.29, 1.82) is 0 Å². The number of carbonyl (C=O) groups excluding carboxylic acids is 1. The molecule has 0 aliphatic rings. The molecule has 0 atom stereocenters. The molecule has 0 bridgehead atoms. The SMILES string of the molecule is CC(C)Cn1ncnc1COc1ccc(C=O)cc1. The number of ether oxygens (including phenoxy) is 1. The van der Waals surface area contributed by atoms with Gasteiger partial charge in [0.2, 0.25) is 0 Å². The summed E-state index contributed by atoms with van der Waals surface area (Å²) in [7, 11) is 0. The van der Waals surface area contributed by atoms with Crippen LogP contribution in [-0.4, -0.2) is 21.1 Å². The number of hydrogen-bond donors (Lipinski definition) is 0. The maximum absolute atomic E-state index is 10.5. The van der Waals surface area contributed by atoms with Crippen LogP contribution >= 0.6 is 0 Å². The molecule has 5 nitrogen and oxygen atoms in total. The molecule has 0 amide bonds. The van der Waals surface area contributed by atoms with Crippen LogP contribution in [0.25, 0.3) is 0 Å². The summed E-state index contributed by atoms with van der Waals surface area (Å²) in [5.41, 5.74) is 0.635. The molecule has 1 heterocycles. The van der Waals surface area contributed by atoms with Gasteiger partial charge in [-0.3, -0.25) is 4.79 Å². The summed E-state index contributed by atoms with van der Waals surface area (Å²) in [4.78, 5) is 14.7. The molecule has 1 aromatic carbocycles. The molecule has 100 valence electrons. The average molecular weight is 259 g/mol. The fourth-order valence-electron chi connectivity index (χ4n) is 1.69. The normalized spacial score (nSPS) is 10.7. The monoisotopic (exact) mass is 259 g/mol. The zero-order valence-corrected chi connectivity index (χ0v) is 11.1. The highest BCUT2D eigenvalue weighted by Crippen LogP contribution is 2.13. The van der Waals surface area contributed by atoms with Crippen LogP contribution in [0.1, 0.15) is 30.0 Å². The van der Waals surface area contributed by atoms with Crippen LogP contribution in [0.5, 0.6) is 5.75 Å². The molecule has 0 unspecified atom stereocenters. The van der Waals surface area contributed by atoms with Gasteiger partial charge < -0.3 is 4.74 Å². The summed E-state index contributed by atoms with van der Waals surface area (Å²) in [6.07, 6.45) is 2.35. The van der Waals surface area contributed by atoms with E-state index in [1.807, 2.05) is 4.68 Å². The fraction of sp³-hybridized carbons (Fsp3) is 0.357. The number of benzene rings is 1. The van der Waals surface area contributed by atoms with E-state index in [4.69, 9.17) is 4.74 Å². The molecule has 0 saturated heterocycles. The molecular formula is C14H17N3O2. The summed E-state index contributed by atoms with van der Waals surface area (Å²) >= 11 is 0. The van der Waals surface area contributed by atoms with Crippen molar-refractivity contribution in [2.75, 3.05) is 0 Å². The molecule has 5 heteroatoms. The minimum absolute atomic E-state index is 0.368. The predicted molar refractivity (Wildman–Crippen MR) is 71.0 cm³/mol. The second-order valence-corrected chi connectivity index (χ2v) is 4.73. The zero-order chi connectivity index (χ0) is 13.7. The van der Waals surface area contributed by atoms with Crippen molar-refractivity contribution in [3.8, 4) is 5.75 Å². The minimum Gasteiger partial charge on any atom is -0.486 e. The van der Waals surface area contributed by atoms with E-state index in [1.165, 1.54) is 6.33 Å². The third-order valence-corrected chi connectivity index (χ3v) is 2.62. The largest absolute Gasteiger partial charge is 0.486 e. The van der Waals surface area contributed by atoms with E-state index in [2.05, 4.69) is 23.9 Å². The molecule has 0 aliphatic carbocycles. The first-order valence-corrected chi connectivity index (χ1v) is 6.23. The number of aromatic nitrogens is 3. The lowest BCUT2D eigenvalue weighted by Gasteiger charge is -2.09. The van der Waals surface area contributed by atoms with Gasteiger partial charge in [-0.1, -0.05) is 13.8 Å². The van der Waals surface area contributed by atoms with Crippen molar-refractivity contribution >= 4 is 6.29 Å². The number of rotatable bonds is 6. The molecule has 0 saturated carbocycles. The Balaban J connectivity index is 1.97. The average Bonchev–Trinajstić information content (AvgIpc) is 2.83. The zero-order valence-electron chi connectivity index (χ0n) is 11.1. The Morgan fingerprint density at radius 3 is 2.68 bits per heavy atom. The second-order valence-electron chi connectivity index (χ2n) is 4.73. The smallest absolute Gasteiger partial charge is 0.164 e. The third kappa shape index (κ3) is 3.64. The second kappa shape index (κ2) is 6.13. The first-order chi connectivity index (χ1) is 9.19. The summed E-state index contributed by atoms with van der Waals surface area (Å²) < 4.78 is 7.48. The van der Waals surface area contributed by atoms with Crippen LogP contribution in [0.15, 0.2) is 30.6 Å². The molecule has 19 heavy (non-hydrogen) atoms. The first-order valence-electron chi connectivity index (χ1n) is 6.23. The van der Waals surface area contributed by atoms with Crippen molar-refractivity contribution in [1.82, 2.24) is 14.8 Å². The number of nitrogens with zero attached hydrogens (tertiary/aromatic N) is 3. The molecule has 0 spiro atoms. The summed E-state index contributed by atoms with van der Waals surface area (Å²) in [6, 6.07) is 6.99. The van der Waals surface area contributed by atoms with Crippen LogP contribution in [0.3, 0.4) is 0 Å². The van der Waals surface area contributed by atoms with E-state index in [9.17, 15) is 4.79 Å². The van der Waals surface area contributed by atoms with Gasteiger partial charge in [-0.2, -0.15) is 5.10 Å². The van der Waals surface area contributed by atoms with Crippen molar-refractivity contribution in [3.05, 3.63) is 42.0 Å². The van der Waals surface area contributed by atoms with Crippen LogP contribution in [0, 0.1) is 5.92 Å². The van der Waals surface area contributed by atoms with Gasteiger partial charge in [-0.05, 0) is 30.2 Å². The van der Waals surface area contributed by atoms with Gasteiger partial charge >= 0.3 is 0 Å². The van der Waals surface area contributed by atoms with E-state index >= 15 is 0 Å². The lowest BCUT2D eigenvalue weighted by Crippen LogP contribution is -2.12. The Morgan fingerprint density at radius 1 is 1.32 bits per heavy atom. The van der Waals surface area contributed by atoms with Gasteiger partial charge in [0.05, 0.1) is 0 Å². The van der Waals surface area contributed by atoms with E-state index < -0.39 is 0 Å². The molecule has 0 radical (unpaired) electrons. The standard InChI is InChI=1S/C14H17N3O2/c1-11(2)7-17-14(15-10-16-17)9-19-13-5-3-12(8-18)4-6-13/h3-6,8,10-11H,7,9H2,1-2H3. The number of hydrogen-bond acceptors (Lipinski definition) is 4. The van der Waals surface area contributed by atoms with Crippen LogP contribution in [-0.2, 0) is 13.2 Å². The molecule has 1 aromatic heterocycles. The van der Waals surface area contributed by atoms with Crippen LogP contribution < -0.4 is 4.74 Å². The summed E-state index contributed by atoms with van der Waals surface area (Å²) in [5.74, 6) is 2.02. The third-order valence-electron chi connectivity index (χ3n) is 2.62. The van der Waals surface area contributed by atoms with E-state index in [0.29, 0.717) is 23.8 Å². The maximum Gasteiger partial charge on any atom is 0.164 e. The van der Waals surface area contributed by atoms with Gasteiger partial charge in [-0.15, -0.1) is 0 Å². The Bertz CT molecular complexity index is 532. The highest BCUT2D eigenvalue weighted by Gasteiger charge is 2.06. The Hall–Kier alpha value is -2.17. The predicted octanol–water partition coefficient (Wildman–Crippen LogP) is 2.33. The van der Waals surface area contributed by atoms with Gasteiger partial charge in [0.25, 0.3) is 0 Å². The molecular weight excluding hydrogens is 242 g/mol. The topological polar surface area (TPSA) is 57.0 Å². The Morgan fingerprint density at radius 2 is 2.05 bits per heavy atom. The Kier molecular flexibility index (Phi) is 4.28. The van der Waals surface area contributed by atoms with Gasteiger partial charge in [-0.25, -0.2) is 9.67 Å². The highest BCUT2D eigenvalue weighted by atomic mass is 16.5. The lowest BCUT2D eigenvalue weighted by atomic mass is 10.2. The summed E-state index contributed by atoms with van der Waals surface area (Å²) in [6.45, 7) is 5.45. The van der Waals surface area contributed by atoms with Crippen molar-refractivity contribution in [2.24, 2.45) is 5.92 Å². The maximum atomic E-state index is 10.5. The van der Waals surface area contributed by atoms with E-state index in [0.717, 1.165) is 18.7 Å². The Labute approximate surface area is 112 Å². The summed E-state index contributed by atoms with van der Waals surface area (Å²) in [5, 5.41) is 4.18. The van der Waals surface area contributed by atoms with Gasteiger partial charge in [0.1, 0.15) is 25.0 Å². The van der Waals surface area contributed by atoms with E-state index in [-0.39, 0.29) is 0 Å². The van der Waals surface area contributed by atoms with Crippen LogP contribution in [0.2, 0.25) is 0 Å². The van der Waals surface area contributed by atoms with Gasteiger partial charge in [0.15, 0.2) is 5.82 Å². The molecule has 0 aliphatic heterocycles. The van der Waals surface area contributed by atoms with Crippen molar-refractivity contribution in [2.45, 2.75) is 27.0 Å². The van der Waals surface area contributed by atoms with Crippen LogP contribution in [0.4, 0.5) is 0 Å². The molecule has 0 N–H and O–H groups in total. The first kappa shape index (κ1) is 13.3. The lowest BCUT2D eigenvalue weighted by molar-refractivity contribution is 0.112. The molecule has 2 aromatic rings. The number of aldehydes is 1. The van der Waals surface area contributed by atoms with Gasteiger partial charge in [0, 0.05) is 12.1 Å². The van der Waals surface area contributed by atoms with Crippen molar-refractivity contribution in [3.63, 3.8) is 0 Å². The van der Waals surface area contributed by atoms with E-state index in [1.54, 1.807) is 24.3 Å². The molecule has 2 rings (SSSR count). The fourth-order valence-corrected chi connectivity index (χ4v) is 1.69. The number of carbonyl (C=O) groups is 1. The minimum atomic E-state index is 0.368. The molecule has 0 fully saturated rings. The highest BCUT2D eigenvalue weighted by molar-refractivity contribution is 5.74.